The van der Waals surface area contributed by atoms with Crippen molar-refractivity contribution in [3.8, 4) is 11.4 Å². The number of benzene rings is 1. The molecule has 0 saturated carbocycles. The third-order valence-electron chi connectivity index (χ3n) is 4.84. The van der Waals surface area contributed by atoms with Crippen LogP contribution in [0.25, 0.3) is 11.4 Å². The lowest BCUT2D eigenvalue weighted by Gasteiger charge is -2.29. The van der Waals surface area contributed by atoms with Gasteiger partial charge in [-0.1, -0.05) is 32.4 Å². The minimum atomic E-state index is -0.669. The number of nitrogens with zero attached hydrogens (tertiary/aromatic N) is 2. The zero-order valence-corrected chi connectivity index (χ0v) is 17.4. The van der Waals surface area contributed by atoms with Crippen LogP contribution in [0.15, 0.2) is 24.3 Å². The molecule has 2 aromatic rings. The van der Waals surface area contributed by atoms with Gasteiger partial charge in [-0.25, -0.2) is 4.98 Å². The molecule has 8 heteroatoms. The van der Waals surface area contributed by atoms with E-state index in [1.54, 1.807) is 19.2 Å². The van der Waals surface area contributed by atoms with Gasteiger partial charge in [0.2, 0.25) is 5.91 Å². The van der Waals surface area contributed by atoms with Gasteiger partial charge in [0.1, 0.15) is 11.9 Å². The Bertz CT molecular complexity index is 883. The van der Waals surface area contributed by atoms with E-state index in [0.29, 0.717) is 23.8 Å². The number of likely N-dealkylation sites (N-methyl/N-ethyl adjacent to an activating group) is 1. The van der Waals surface area contributed by atoms with Crippen LogP contribution in [0, 0.1) is 5.41 Å². The predicted octanol–water partition coefficient (Wildman–Crippen LogP) is 2.20. The second-order valence-electron chi connectivity index (χ2n) is 7.95. The number of hydrogen-bond acceptors (Lipinski definition) is 4. The van der Waals surface area contributed by atoms with Crippen molar-refractivity contribution >= 4 is 23.4 Å². The summed E-state index contributed by atoms with van der Waals surface area (Å²) >= 11 is 6.00. The van der Waals surface area contributed by atoms with Gasteiger partial charge in [0, 0.05) is 37.3 Å². The summed E-state index contributed by atoms with van der Waals surface area (Å²) in [5.74, 6) is 0.145. The first kappa shape index (κ1) is 20.4. The third kappa shape index (κ3) is 4.05. The van der Waals surface area contributed by atoms with E-state index < -0.39 is 11.5 Å². The Labute approximate surface area is 169 Å². The minimum absolute atomic E-state index is 0.232. The van der Waals surface area contributed by atoms with Gasteiger partial charge in [0.15, 0.2) is 5.69 Å². The summed E-state index contributed by atoms with van der Waals surface area (Å²) in [6.45, 7) is 7.80. The summed E-state index contributed by atoms with van der Waals surface area (Å²) in [4.78, 5) is 30.0. The molecule has 1 atom stereocenters. The highest BCUT2D eigenvalue weighted by Crippen LogP contribution is 2.26. The van der Waals surface area contributed by atoms with Gasteiger partial charge >= 0.3 is 0 Å². The largest absolute Gasteiger partial charge is 0.357 e. The van der Waals surface area contributed by atoms with Crippen LogP contribution >= 0.6 is 11.6 Å². The van der Waals surface area contributed by atoms with E-state index in [-0.39, 0.29) is 11.8 Å². The molecule has 7 nitrogen and oxygen atoms in total. The molecule has 0 fully saturated rings. The van der Waals surface area contributed by atoms with Crippen molar-refractivity contribution in [3.63, 3.8) is 0 Å². The highest BCUT2D eigenvalue weighted by Gasteiger charge is 2.34. The molecule has 0 saturated heterocycles. The Morgan fingerprint density at radius 2 is 1.93 bits per heavy atom. The maximum Gasteiger partial charge on any atom is 0.272 e. The number of aromatic nitrogens is 2. The second kappa shape index (κ2) is 7.93. The van der Waals surface area contributed by atoms with E-state index in [2.05, 4.69) is 25.5 Å². The Hall–Kier alpha value is -2.38. The lowest BCUT2D eigenvalue weighted by atomic mass is 9.86. The van der Waals surface area contributed by atoms with Crippen molar-refractivity contribution < 1.29 is 9.59 Å². The fourth-order valence-corrected chi connectivity index (χ4v) is 3.45. The SMILES string of the molecule is CNC(=O)[C@@H](NC(=O)c1nc(-c2ccc(Cl)cc2)n2c1CNCC2)C(C)(C)C. The number of halogens is 1. The Balaban J connectivity index is 1.98. The molecule has 3 N–H and O–H groups in total. The van der Waals surface area contributed by atoms with Crippen LogP contribution in [0.4, 0.5) is 0 Å². The summed E-state index contributed by atoms with van der Waals surface area (Å²) in [6, 6.07) is 6.73. The minimum Gasteiger partial charge on any atom is -0.357 e. The van der Waals surface area contributed by atoms with E-state index in [9.17, 15) is 9.59 Å². The lowest BCUT2D eigenvalue weighted by Crippen LogP contribution is -2.53. The van der Waals surface area contributed by atoms with Crippen LogP contribution in [0.5, 0.6) is 0 Å². The fraction of sp³-hybridized carbons (Fsp3) is 0.450. The van der Waals surface area contributed by atoms with Crippen molar-refractivity contribution in [2.24, 2.45) is 5.41 Å². The molecule has 2 amide bonds. The molecule has 1 aliphatic heterocycles. The number of hydrogen-bond donors (Lipinski definition) is 3. The third-order valence-corrected chi connectivity index (χ3v) is 5.10. The predicted molar refractivity (Wildman–Crippen MR) is 109 cm³/mol. The number of amides is 2. The summed E-state index contributed by atoms with van der Waals surface area (Å²) in [5, 5.41) is 9.43. The molecule has 1 aliphatic rings. The van der Waals surface area contributed by atoms with Gasteiger partial charge in [0.05, 0.1) is 5.69 Å². The van der Waals surface area contributed by atoms with Crippen LogP contribution in [0.1, 0.15) is 37.0 Å². The highest BCUT2D eigenvalue weighted by atomic mass is 35.5. The van der Waals surface area contributed by atoms with Gasteiger partial charge in [-0.15, -0.1) is 0 Å². The Morgan fingerprint density at radius 3 is 2.54 bits per heavy atom. The molecule has 2 heterocycles. The molecular weight excluding hydrogens is 378 g/mol. The van der Waals surface area contributed by atoms with Gasteiger partial charge in [0.25, 0.3) is 5.91 Å². The van der Waals surface area contributed by atoms with Crippen LogP contribution < -0.4 is 16.0 Å². The average Bonchev–Trinajstić information content (AvgIpc) is 3.05. The molecular formula is C20H26ClN5O2. The standard InChI is InChI=1S/C20H26ClN5O2/c1-20(2,3)16(19(28)22-4)25-18(27)15-14-11-23-9-10-26(14)17(24-15)12-5-7-13(21)8-6-12/h5-8,16,23H,9-11H2,1-4H3,(H,22,28)(H,25,27)/t16-/m1/s1. The van der Waals surface area contributed by atoms with E-state index in [1.807, 2.05) is 32.9 Å². The number of carbonyl (C=O) groups is 2. The zero-order valence-electron chi connectivity index (χ0n) is 16.6. The van der Waals surface area contributed by atoms with Crippen molar-refractivity contribution in [1.29, 1.82) is 0 Å². The fourth-order valence-electron chi connectivity index (χ4n) is 3.32. The van der Waals surface area contributed by atoms with Crippen molar-refractivity contribution in [2.75, 3.05) is 13.6 Å². The van der Waals surface area contributed by atoms with E-state index in [1.165, 1.54) is 0 Å². The molecule has 0 radical (unpaired) electrons. The smallest absolute Gasteiger partial charge is 0.272 e. The first-order valence-electron chi connectivity index (χ1n) is 9.31. The molecule has 3 rings (SSSR count). The number of rotatable bonds is 4. The molecule has 0 aliphatic carbocycles. The average molecular weight is 404 g/mol. The summed E-state index contributed by atoms with van der Waals surface area (Å²) in [7, 11) is 1.56. The lowest BCUT2D eigenvalue weighted by molar-refractivity contribution is -0.124. The van der Waals surface area contributed by atoms with Crippen molar-refractivity contribution in [3.05, 3.63) is 40.7 Å². The maximum absolute atomic E-state index is 13.1. The summed E-state index contributed by atoms with van der Waals surface area (Å²) in [6.07, 6.45) is 0. The van der Waals surface area contributed by atoms with Crippen LogP contribution in [0.3, 0.4) is 0 Å². The molecule has 0 unspecified atom stereocenters. The Morgan fingerprint density at radius 1 is 1.25 bits per heavy atom. The molecule has 28 heavy (non-hydrogen) atoms. The monoisotopic (exact) mass is 403 g/mol. The molecule has 0 bridgehead atoms. The topological polar surface area (TPSA) is 88.1 Å². The van der Waals surface area contributed by atoms with Crippen LogP contribution in [0.2, 0.25) is 5.02 Å². The molecule has 1 aromatic heterocycles. The highest BCUT2D eigenvalue weighted by molar-refractivity contribution is 6.30. The zero-order chi connectivity index (χ0) is 20.5. The first-order valence-corrected chi connectivity index (χ1v) is 9.68. The first-order chi connectivity index (χ1) is 13.2. The molecule has 0 spiro atoms. The number of carbonyl (C=O) groups excluding carboxylic acids is 2. The summed E-state index contributed by atoms with van der Waals surface area (Å²) in [5.41, 5.74) is 1.62. The summed E-state index contributed by atoms with van der Waals surface area (Å²) < 4.78 is 2.06. The molecule has 150 valence electrons. The van der Waals surface area contributed by atoms with Gasteiger partial charge in [-0.3, -0.25) is 9.59 Å². The number of fused-ring (bicyclic) bond motifs is 1. The van der Waals surface area contributed by atoms with Gasteiger partial charge < -0.3 is 20.5 Å². The maximum atomic E-state index is 13.1. The van der Waals surface area contributed by atoms with E-state index in [0.717, 1.165) is 23.6 Å². The molecule has 1 aromatic carbocycles. The second-order valence-corrected chi connectivity index (χ2v) is 8.39. The van der Waals surface area contributed by atoms with E-state index in [4.69, 9.17) is 11.6 Å². The van der Waals surface area contributed by atoms with Crippen LogP contribution in [-0.4, -0.2) is 41.0 Å². The normalized spacial score (nSPS) is 14.9. The number of nitrogens with one attached hydrogen (secondary N) is 3. The van der Waals surface area contributed by atoms with Gasteiger partial charge in [-0.05, 0) is 29.7 Å². The van der Waals surface area contributed by atoms with Gasteiger partial charge in [-0.2, -0.15) is 0 Å². The number of imidazole rings is 1. The van der Waals surface area contributed by atoms with Crippen molar-refractivity contribution in [2.45, 2.75) is 39.9 Å². The Kier molecular flexibility index (Phi) is 5.76. The van der Waals surface area contributed by atoms with Crippen LogP contribution in [-0.2, 0) is 17.9 Å². The van der Waals surface area contributed by atoms with E-state index >= 15 is 0 Å². The quantitative estimate of drug-likeness (QED) is 0.730. The van der Waals surface area contributed by atoms with Crippen molar-refractivity contribution in [1.82, 2.24) is 25.5 Å².